The third kappa shape index (κ3) is 6.54. The molecular formula is C22H33N3O4. The number of ether oxygens (including phenoxy) is 2. The van der Waals surface area contributed by atoms with Gasteiger partial charge in [-0.2, -0.15) is 0 Å². The lowest BCUT2D eigenvalue weighted by atomic mass is 9.95. The summed E-state index contributed by atoms with van der Waals surface area (Å²) in [5, 5.41) is 6.13. The SMILES string of the molecule is COc1ccccc1OCC(=O)NCC1CCCN(C(=O)NC2CCCCC2)C1. The number of rotatable bonds is 7. The summed E-state index contributed by atoms with van der Waals surface area (Å²) in [5.74, 6) is 1.26. The Morgan fingerprint density at radius 2 is 1.83 bits per heavy atom. The van der Waals surface area contributed by atoms with E-state index in [2.05, 4.69) is 10.6 Å². The van der Waals surface area contributed by atoms with Crippen LogP contribution in [0.3, 0.4) is 0 Å². The van der Waals surface area contributed by atoms with Crippen LogP contribution in [-0.2, 0) is 4.79 Å². The number of nitrogens with one attached hydrogen (secondary N) is 2. The van der Waals surface area contributed by atoms with Gasteiger partial charge in [-0.1, -0.05) is 31.4 Å². The van der Waals surface area contributed by atoms with E-state index in [0.717, 1.165) is 32.2 Å². The lowest BCUT2D eigenvalue weighted by Crippen LogP contribution is -2.50. The predicted molar refractivity (Wildman–Crippen MR) is 111 cm³/mol. The highest BCUT2D eigenvalue weighted by molar-refractivity contribution is 5.77. The molecule has 3 amide bonds. The molecule has 1 saturated heterocycles. The second-order valence-corrected chi connectivity index (χ2v) is 7.98. The Morgan fingerprint density at radius 3 is 2.59 bits per heavy atom. The van der Waals surface area contributed by atoms with E-state index in [-0.39, 0.29) is 24.5 Å². The van der Waals surface area contributed by atoms with Gasteiger partial charge in [-0.25, -0.2) is 4.79 Å². The number of methoxy groups -OCH3 is 1. The number of para-hydroxylation sites is 2. The van der Waals surface area contributed by atoms with Crippen LogP contribution in [0.25, 0.3) is 0 Å². The number of likely N-dealkylation sites (tertiary alicyclic amines) is 1. The van der Waals surface area contributed by atoms with Crippen molar-refractivity contribution in [2.75, 3.05) is 33.4 Å². The number of nitrogens with zero attached hydrogens (tertiary/aromatic N) is 1. The number of carbonyl (C=O) groups excluding carboxylic acids is 2. The third-order valence-electron chi connectivity index (χ3n) is 5.75. The van der Waals surface area contributed by atoms with Gasteiger partial charge in [0.15, 0.2) is 18.1 Å². The van der Waals surface area contributed by atoms with Crippen LogP contribution < -0.4 is 20.1 Å². The van der Waals surface area contributed by atoms with Crippen LogP contribution in [0.1, 0.15) is 44.9 Å². The Morgan fingerprint density at radius 1 is 1.07 bits per heavy atom. The van der Waals surface area contributed by atoms with Crippen molar-refractivity contribution in [3.05, 3.63) is 24.3 Å². The molecule has 7 heteroatoms. The lowest BCUT2D eigenvalue weighted by Gasteiger charge is -2.34. The number of benzene rings is 1. The highest BCUT2D eigenvalue weighted by Gasteiger charge is 2.26. The van der Waals surface area contributed by atoms with Crippen molar-refractivity contribution in [3.63, 3.8) is 0 Å². The smallest absolute Gasteiger partial charge is 0.317 e. The van der Waals surface area contributed by atoms with Gasteiger partial charge in [0.05, 0.1) is 7.11 Å². The van der Waals surface area contributed by atoms with E-state index in [4.69, 9.17) is 9.47 Å². The Bertz CT molecular complexity index is 676. The quantitative estimate of drug-likeness (QED) is 0.734. The first-order chi connectivity index (χ1) is 14.2. The Kier molecular flexibility index (Phi) is 8.02. The highest BCUT2D eigenvalue weighted by atomic mass is 16.5. The van der Waals surface area contributed by atoms with E-state index < -0.39 is 0 Å². The molecule has 2 fully saturated rings. The molecule has 7 nitrogen and oxygen atoms in total. The molecule has 1 saturated carbocycles. The maximum Gasteiger partial charge on any atom is 0.317 e. The topological polar surface area (TPSA) is 79.9 Å². The molecule has 0 aromatic heterocycles. The average molecular weight is 404 g/mol. The summed E-state index contributed by atoms with van der Waals surface area (Å²) in [7, 11) is 1.57. The minimum absolute atomic E-state index is 0.0485. The van der Waals surface area contributed by atoms with Crippen LogP contribution in [0.5, 0.6) is 11.5 Å². The summed E-state index contributed by atoms with van der Waals surface area (Å²) in [4.78, 5) is 26.6. The van der Waals surface area contributed by atoms with Gasteiger partial charge in [-0.3, -0.25) is 4.79 Å². The first kappa shape index (κ1) is 21.3. The Labute approximate surface area is 173 Å². The fourth-order valence-electron chi connectivity index (χ4n) is 4.12. The van der Waals surface area contributed by atoms with E-state index >= 15 is 0 Å². The summed E-state index contributed by atoms with van der Waals surface area (Å²) in [6.07, 6.45) is 7.85. The van der Waals surface area contributed by atoms with Gasteiger partial charge in [0, 0.05) is 25.7 Å². The maximum absolute atomic E-state index is 12.6. The molecule has 1 unspecified atom stereocenters. The van der Waals surface area contributed by atoms with Crippen LogP contribution in [0.15, 0.2) is 24.3 Å². The van der Waals surface area contributed by atoms with Crippen LogP contribution in [0.4, 0.5) is 4.79 Å². The molecule has 2 N–H and O–H groups in total. The van der Waals surface area contributed by atoms with Gasteiger partial charge in [0.1, 0.15) is 0 Å². The summed E-state index contributed by atoms with van der Waals surface area (Å²) >= 11 is 0. The molecule has 0 spiro atoms. The van der Waals surface area contributed by atoms with Crippen LogP contribution in [0, 0.1) is 5.92 Å². The van der Waals surface area contributed by atoms with Crippen molar-refractivity contribution in [2.24, 2.45) is 5.92 Å². The molecule has 0 radical (unpaired) electrons. The molecule has 29 heavy (non-hydrogen) atoms. The van der Waals surface area contributed by atoms with Crippen LogP contribution >= 0.6 is 0 Å². The van der Waals surface area contributed by atoms with Gasteiger partial charge in [-0.05, 0) is 43.7 Å². The molecule has 1 aromatic rings. The number of amides is 3. The van der Waals surface area contributed by atoms with Gasteiger partial charge in [0.2, 0.25) is 0 Å². The number of carbonyl (C=O) groups is 2. The largest absolute Gasteiger partial charge is 0.493 e. The first-order valence-electron chi connectivity index (χ1n) is 10.7. The molecular weight excluding hydrogens is 370 g/mol. The number of piperidine rings is 1. The monoisotopic (exact) mass is 403 g/mol. The van der Waals surface area contributed by atoms with Crippen molar-refractivity contribution in [2.45, 2.75) is 51.0 Å². The second-order valence-electron chi connectivity index (χ2n) is 7.98. The average Bonchev–Trinajstić information content (AvgIpc) is 2.77. The molecule has 1 aromatic carbocycles. The fourth-order valence-corrected chi connectivity index (χ4v) is 4.12. The standard InChI is InChI=1S/C22H33N3O4/c1-28-19-11-5-6-12-20(19)29-16-21(26)23-14-17-8-7-13-25(15-17)22(27)24-18-9-3-2-4-10-18/h5-6,11-12,17-18H,2-4,7-10,13-16H2,1H3,(H,23,26)(H,24,27). The van der Waals surface area contributed by atoms with Crippen molar-refractivity contribution >= 4 is 11.9 Å². The zero-order valence-electron chi connectivity index (χ0n) is 17.3. The molecule has 1 heterocycles. The summed E-state index contributed by atoms with van der Waals surface area (Å²) in [6, 6.07) is 7.63. The van der Waals surface area contributed by atoms with Crippen molar-refractivity contribution in [1.29, 1.82) is 0 Å². The zero-order valence-corrected chi connectivity index (χ0v) is 17.3. The molecule has 1 aliphatic heterocycles. The van der Waals surface area contributed by atoms with Gasteiger partial charge in [0.25, 0.3) is 5.91 Å². The van der Waals surface area contributed by atoms with Gasteiger partial charge < -0.3 is 25.0 Å². The normalized spacial score (nSPS) is 20.0. The number of urea groups is 1. The van der Waals surface area contributed by atoms with Crippen molar-refractivity contribution < 1.29 is 19.1 Å². The van der Waals surface area contributed by atoms with Gasteiger partial charge >= 0.3 is 6.03 Å². The molecule has 160 valence electrons. The van der Waals surface area contributed by atoms with E-state index in [9.17, 15) is 9.59 Å². The third-order valence-corrected chi connectivity index (χ3v) is 5.75. The Hall–Kier alpha value is -2.44. The van der Waals surface area contributed by atoms with E-state index in [0.29, 0.717) is 30.6 Å². The minimum Gasteiger partial charge on any atom is -0.493 e. The molecule has 2 aliphatic rings. The predicted octanol–water partition coefficient (Wildman–Crippen LogP) is 2.94. The number of hydrogen-bond donors (Lipinski definition) is 2. The highest BCUT2D eigenvalue weighted by Crippen LogP contribution is 2.25. The Balaban J connectivity index is 1.38. The van der Waals surface area contributed by atoms with Crippen LogP contribution in [-0.4, -0.2) is 56.2 Å². The summed E-state index contributed by atoms with van der Waals surface area (Å²) < 4.78 is 10.8. The second kappa shape index (κ2) is 10.9. The zero-order chi connectivity index (χ0) is 20.5. The minimum atomic E-state index is -0.167. The molecule has 1 aliphatic carbocycles. The van der Waals surface area contributed by atoms with Crippen LogP contribution in [0.2, 0.25) is 0 Å². The number of hydrogen-bond acceptors (Lipinski definition) is 4. The van der Waals surface area contributed by atoms with E-state index in [1.54, 1.807) is 19.2 Å². The van der Waals surface area contributed by atoms with Crippen molar-refractivity contribution in [1.82, 2.24) is 15.5 Å². The molecule has 0 bridgehead atoms. The maximum atomic E-state index is 12.6. The molecule has 3 rings (SSSR count). The lowest BCUT2D eigenvalue weighted by molar-refractivity contribution is -0.123. The van der Waals surface area contributed by atoms with Gasteiger partial charge in [-0.15, -0.1) is 0 Å². The fraction of sp³-hybridized carbons (Fsp3) is 0.636. The summed E-state index contributed by atoms with van der Waals surface area (Å²) in [6.45, 7) is 1.98. The molecule has 1 atom stereocenters. The van der Waals surface area contributed by atoms with Crippen molar-refractivity contribution in [3.8, 4) is 11.5 Å². The van der Waals surface area contributed by atoms with E-state index in [1.807, 2.05) is 17.0 Å². The first-order valence-corrected chi connectivity index (χ1v) is 10.7. The summed E-state index contributed by atoms with van der Waals surface area (Å²) in [5.41, 5.74) is 0. The van der Waals surface area contributed by atoms with E-state index in [1.165, 1.54) is 19.3 Å².